The minimum Gasteiger partial charge on any atom is -0.492 e. The number of ether oxygens (including phenoxy) is 1. The van der Waals surface area contributed by atoms with Crippen molar-refractivity contribution in [2.24, 2.45) is 0 Å². The van der Waals surface area contributed by atoms with Gasteiger partial charge >= 0.3 is 11.9 Å². The molecule has 6 nitrogen and oxygen atoms in total. The molecule has 0 atom stereocenters. The van der Waals surface area contributed by atoms with Gasteiger partial charge in [-0.2, -0.15) is 0 Å². The third-order valence-corrected chi connectivity index (χ3v) is 2.78. The third-order valence-electron chi connectivity index (χ3n) is 2.55. The van der Waals surface area contributed by atoms with Crippen molar-refractivity contribution in [3.05, 3.63) is 29.3 Å². The summed E-state index contributed by atoms with van der Waals surface area (Å²) in [5.74, 6) is -2.81. The van der Waals surface area contributed by atoms with E-state index in [2.05, 4.69) is 18.7 Å². The van der Waals surface area contributed by atoms with Gasteiger partial charge in [0.05, 0.1) is 0 Å². The zero-order valence-corrected chi connectivity index (χ0v) is 12.8. The monoisotopic (exact) mass is 317 g/mol. The minimum absolute atomic E-state index is 0.710. The fourth-order valence-electron chi connectivity index (χ4n) is 1.39. The van der Waals surface area contributed by atoms with Gasteiger partial charge in [-0.3, -0.25) is 0 Å². The molecule has 0 heterocycles. The quantitative estimate of drug-likeness (QED) is 0.782. The minimum atomic E-state index is -1.82. The van der Waals surface area contributed by atoms with Gasteiger partial charge in [0.15, 0.2) is 0 Å². The van der Waals surface area contributed by atoms with Gasteiger partial charge in [0.25, 0.3) is 0 Å². The van der Waals surface area contributed by atoms with Crippen LogP contribution in [0.3, 0.4) is 0 Å². The predicted molar refractivity (Wildman–Crippen MR) is 80.0 cm³/mol. The van der Waals surface area contributed by atoms with E-state index in [-0.39, 0.29) is 0 Å². The van der Waals surface area contributed by atoms with Crippen LogP contribution in [0.1, 0.15) is 13.8 Å². The lowest BCUT2D eigenvalue weighted by atomic mass is 10.3. The van der Waals surface area contributed by atoms with Crippen LogP contribution in [0, 0.1) is 0 Å². The van der Waals surface area contributed by atoms with Gasteiger partial charge in [0, 0.05) is 11.6 Å². The molecular formula is C14H20ClNO5. The lowest BCUT2D eigenvalue weighted by Crippen LogP contribution is -2.27. The number of likely N-dealkylation sites (N-methyl/N-ethyl adjacent to an activating group) is 1. The Bertz CT molecular complexity index is 437. The summed E-state index contributed by atoms with van der Waals surface area (Å²) in [5.41, 5.74) is 0. The van der Waals surface area contributed by atoms with Crippen LogP contribution in [0.15, 0.2) is 24.3 Å². The van der Waals surface area contributed by atoms with Crippen LogP contribution < -0.4 is 4.74 Å². The number of carboxylic acid groups (broad SMARTS) is 2. The fourth-order valence-corrected chi connectivity index (χ4v) is 1.57. The molecule has 0 spiro atoms. The second-order valence-electron chi connectivity index (χ2n) is 3.94. The molecule has 1 aromatic rings. The van der Waals surface area contributed by atoms with E-state index in [1.54, 1.807) is 0 Å². The Hall–Kier alpha value is -1.79. The Morgan fingerprint density at radius 2 is 1.76 bits per heavy atom. The molecule has 21 heavy (non-hydrogen) atoms. The van der Waals surface area contributed by atoms with E-state index in [1.165, 1.54) is 0 Å². The molecule has 0 aliphatic rings. The highest BCUT2D eigenvalue weighted by Crippen LogP contribution is 2.16. The summed E-state index contributed by atoms with van der Waals surface area (Å²) < 4.78 is 5.59. The normalized spacial score (nSPS) is 9.71. The summed E-state index contributed by atoms with van der Waals surface area (Å²) in [6.07, 6.45) is 0. The third kappa shape index (κ3) is 9.70. The van der Waals surface area contributed by atoms with Gasteiger partial charge in [0.1, 0.15) is 12.4 Å². The zero-order valence-electron chi connectivity index (χ0n) is 12.1. The largest absolute Gasteiger partial charge is 0.492 e. The molecule has 118 valence electrons. The highest BCUT2D eigenvalue weighted by molar-refractivity contribution is 6.30. The highest BCUT2D eigenvalue weighted by atomic mass is 35.5. The lowest BCUT2D eigenvalue weighted by molar-refractivity contribution is -0.159. The smallest absolute Gasteiger partial charge is 0.414 e. The maximum Gasteiger partial charge on any atom is 0.414 e. The van der Waals surface area contributed by atoms with Crippen molar-refractivity contribution < 1.29 is 24.5 Å². The van der Waals surface area contributed by atoms with Crippen molar-refractivity contribution in [1.82, 2.24) is 4.90 Å². The molecule has 0 fully saturated rings. The number of aliphatic carboxylic acids is 2. The van der Waals surface area contributed by atoms with Crippen molar-refractivity contribution in [2.75, 3.05) is 26.2 Å². The summed E-state index contributed by atoms with van der Waals surface area (Å²) >= 11 is 5.85. The zero-order chi connectivity index (χ0) is 16.3. The van der Waals surface area contributed by atoms with Gasteiger partial charge in [-0.25, -0.2) is 9.59 Å². The van der Waals surface area contributed by atoms with Crippen molar-refractivity contribution in [3.63, 3.8) is 0 Å². The van der Waals surface area contributed by atoms with E-state index < -0.39 is 11.9 Å². The first-order valence-corrected chi connectivity index (χ1v) is 6.85. The first-order chi connectivity index (χ1) is 9.90. The molecule has 0 amide bonds. The van der Waals surface area contributed by atoms with Gasteiger partial charge in [-0.1, -0.05) is 31.5 Å². The number of benzene rings is 1. The average molecular weight is 318 g/mol. The summed E-state index contributed by atoms with van der Waals surface area (Å²) in [6, 6.07) is 7.51. The van der Waals surface area contributed by atoms with E-state index in [4.69, 9.17) is 36.1 Å². The van der Waals surface area contributed by atoms with Crippen LogP contribution in [0.2, 0.25) is 5.02 Å². The van der Waals surface area contributed by atoms with Gasteiger partial charge < -0.3 is 19.8 Å². The molecule has 1 aromatic carbocycles. The molecule has 0 unspecified atom stereocenters. The number of nitrogens with zero attached hydrogens (tertiary/aromatic N) is 1. The first kappa shape index (κ1) is 19.2. The predicted octanol–water partition coefficient (Wildman–Crippen LogP) is 2.22. The van der Waals surface area contributed by atoms with Crippen LogP contribution in [0.5, 0.6) is 5.75 Å². The van der Waals surface area contributed by atoms with Crippen LogP contribution in [-0.2, 0) is 9.59 Å². The fraction of sp³-hybridized carbons (Fsp3) is 0.429. The van der Waals surface area contributed by atoms with Crippen molar-refractivity contribution in [1.29, 1.82) is 0 Å². The number of rotatable bonds is 6. The molecule has 1 rings (SSSR count). The number of halogens is 1. The Labute approximate surface area is 128 Å². The van der Waals surface area contributed by atoms with Gasteiger partial charge in [0.2, 0.25) is 0 Å². The molecule has 0 saturated heterocycles. The van der Waals surface area contributed by atoms with Crippen LogP contribution in [0.25, 0.3) is 0 Å². The molecular weight excluding hydrogens is 298 g/mol. The van der Waals surface area contributed by atoms with Crippen LogP contribution >= 0.6 is 11.6 Å². The first-order valence-electron chi connectivity index (χ1n) is 6.47. The SMILES string of the molecule is CCN(CC)CCOc1cccc(Cl)c1.O=C(O)C(=O)O. The molecule has 0 radical (unpaired) electrons. The van der Waals surface area contributed by atoms with Crippen molar-refractivity contribution in [3.8, 4) is 5.75 Å². The van der Waals surface area contributed by atoms with Crippen LogP contribution in [-0.4, -0.2) is 53.3 Å². The van der Waals surface area contributed by atoms with E-state index in [0.717, 1.165) is 30.4 Å². The van der Waals surface area contributed by atoms with E-state index >= 15 is 0 Å². The number of carbonyl (C=O) groups is 2. The van der Waals surface area contributed by atoms with Crippen molar-refractivity contribution in [2.45, 2.75) is 13.8 Å². The van der Waals surface area contributed by atoms with E-state index in [0.29, 0.717) is 6.61 Å². The van der Waals surface area contributed by atoms with Crippen LogP contribution in [0.4, 0.5) is 0 Å². The number of hydrogen-bond acceptors (Lipinski definition) is 4. The maximum absolute atomic E-state index is 9.10. The Kier molecular flexibility index (Phi) is 10.0. The lowest BCUT2D eigenvalue weighted by Gasteiger charge is -2.17. The summed E-state index contributed by atoms with van der Waals surface area (Å²) in [7, 11) is 0. The topological polar surface area (TPSA) is 87.1 Å². The van der Waals surface area contributed by atoms with E-state index in [9.17, 15) is 0 Å². The second-order valence-corrected chi connectivity index (χ2v) is 4.38. The summed E-state index contributed by atoms with van der Waals surface area (Å²) in [6.45, 7) is 8.11. The summed E-state index contributed by atoms with van der Waals surface area (Å²) in [5, 5.41) is 15.5. The molecule has 0 aliphatic carbocycles. The molecule has 0 aromatic heterocycles. The standard InChI is InChI=1S/C12H18ClNO.C2H2O4/c1-3-14(4-2)8-9-15-12-7-5-6-11(13)10-12;3-1(4)2(5)6/h5-7,10H,3-4,8-9H2,1-2H3;(H,3,4)(H,5,6). The molecule has 0 aliphatic heterocycles. The molecule has 0 saturated carbocycles. The Balaban J connectivity index is 0.000000567. The number of hydrogen-bond donors (Lipinski definition) is 2. The average Bonchev–Trinajstić information content (AvgIpc) is 2.44. The van der Waals surface area contributed by atoms with Gasteiger partial charge in [-0.05, 0) is 31.3 Å². The van der Waals surface area contributed by atoms with Gasteiger partial charge in [-0.15, -0.1) is 0 Å². The molecule has 0 bridgehead atoms. The Morgan fingerprint density at radius 1 is 1.19 bits per heavy atom. The van der Waals surface area contributed by atoms with Crippen molar-refractivity contribution >= 4 is 23.5 Å². The molecule has 7 heteroatoms. The maximum atomic E-state index is 9.10. The number of carboxylic acids is 2. The highest BCUT2D eigenvalue weighted by Gasteiger charge is 2.04. The summed E-state index contributed by atoms with van der Waals surface area (Å²) in [4.78, 5) is 20.5. The molecule has 2 N–H and O–H groups in total. The Morgan fingerprint density at radius 3 is 2.19 bits per heavy atom. The second kappa shape index (κ2) is 10.9. The van der Waals surface area contributed by atoms with E-state index in [1.807, 2.05) is 24.3 Å².